The Morgan fingerprint density at radius 1 is 0.912 bits per heavy atom. The maximum absolute atomic E-state index is 13.5. The third kappa shape index (κ3) is 5.90. The zero-order valence-electron chi connectivity index (χ0n) is 18.6. The number of hydrogen-bond donors (Lipinski definition) is 1. The number of amides is 1. The molecule has 3 rings (SSSR count). The van der Waals surface area contributed by atoms with E-state index in [1.54, 1.807) is 45.0 Å². The molecule has 0 heterocycles. The van der Waals surface area contributed by atoms with Crippen LogP contribution < -0.4 is 9.62 Å². The van der Waals surface area contributed by atoms with E-state index in [4.69, 9.17) is 11.6 Å². The van der Waals surface area contributed by atoms with Crippen molar-refractivity contribution >= 4 is 38.9 Å². The number of rotatable bonds is 6. The Bertz CT molecular complexity index is 1300. The molecule has 0 saturated heterocycles. The lowest BCUT2D eigenvalue weighted by Crippen LogP contribution is -2.38. The molecule has 0 aromatic heterocycles. The van der Waals surface area contributed by atoms with Crippen molar-refractivity contribution in [3.63, 3.8) is 0 Å². The zero-order valence-corrected chi connectivity index (χ0v) is 20.1. The summed E-state index contributed by atoms with van der Waals surface area (Å²) in [5, 5.41) is 2.03. The van der Waals surface area contributed by atoms with Crippen LogP contribution in [0.25, 0.3) is 0 Å². The molecule has 0 saturated carbocycles. The van der Waals surface area contributed by atoms with E-state index in [0.717, 1.165) is 27.1 Å². The number of nitrogens with zero attached hydrogens (tertiary/aromatic N) is 1. The number of alkyl halides is 3. The third-order valence-corrected chi connectivity index (χ3v) is 6.97. The van der Waals surface area contributed by atoms with E-state index < -0.39 is 39.9 Å². The molecule has 3 aromatic carbocycles. The Morgan fingerprint density at radius 3 is 2.06 bits per heavy atom. The van der Waals surface area contributed by atoms with Gasteiger partial charge in [-0.05, 0) is 74.4 Å². The first-order chi connectivity index (χ1) is 15.8. The predicted octanol–water partition coefficient (Wildman–Crippen LogP) is 6.12. The Labute approximate surface area is 201 Å². The first-order valence-electron chi connectivity index (χ1n) is 10.1. The summed E-state index contributed by atoms with van der Waals surface area (Å²) in [6.45, 7) is 4.61. The summed E-state index contributed by atoms with van der Waals surface area (Å²) >= 11 is 5.69. The van der Waals surface area contributed by atoms with Crippen LogP contribution in [0, 0.1) is 20.8 Å². The van der Waals surface area contributed by atoms with Crippen LogP contribution >= 0.6 is 11.6 Å². The predicted molar refractivity (Wildman–Crippen MR) is 127 cm³/mol. The minimum absolute atomic E-state index is 0.0486. The molecule has 1 N–H and O–H groups in total. The number of anilines is 2. The highest BCUT2D eigenvalue weighted by Gasteiger charge is 2.35. The molecule has 0 aliphatic heterocycles. The van der Waals surface area contributed by atoms with Crippen molar-refractivity contribution in [2.45, 2.75) is 31.8 Å². The first kappa shape index (κ1) is 25.6. The fraction of sp³-hybridized carbons (Fsp3) is 0.208. The smallest absolute Gasteiger partial charge is 0.324 e. The summed E-state index contributed by atoms with van der Waals surface area (Å²) in [6.07, 6.45) is -4.77. The van der Waals surface area contributed by atoms with Gasteiger partial charge < -0.3 is 5.32 Å². The highest BCUT2D eigenvalue weighted by Crippen LogP contribution is 2.36. The van der Waals surface area contributed by atoms with E-state index in [2.05, 4.69) is 5.32 Å². The maximum atomic E-state index is 13.5. The Kier molecular flexibility index (Phi) is 7.28. The summed E-state index contributed by atoms with van der Waals surface area (Å²) in [7, 11) is -4.21. The van der Waals surface area contributed by atoms with E-state index in [-0.39, 0.29) is 15.6 Å². The zero-order chi connectivity index (χ0) is 25.3. The Balaban J connectivity index is 2.02. The standard InChI is InChI=1S/C24H22ClF3N2O3S/c1-15-4-7-20(8-5-15)34(32,33)30(19-11-16(2)10-17(3)12-19)14-23(31)29-22-9-6-18(25)13-21(22)24(26,27)28/h4-13H,14H2,1-3H3,(H,29,31). The van der Waals surface area contributed by atoms with Crippen LogP contribution in [0.1, 0.15) is 22.3 Å². The minimum atomic E-state index is -4.77. The van der Waals surface area contributed by atoms with Crippen LogP contribution in [-0.2, 0) is 21.0 Å². The fourth-order valence-corrected chi connectivity index (χ4v) is 5.00. The van der Waals surface area contributed by atoms with E-state index in [1.807, 2.05) is 6.07 Å². The number of sulfonamides is 1. The van der Waals surface area contributed by atoms with Crippen LogP contribution in [0.4, 0.5) is 24.5 Å². The molecule has 0 aliphatic rings. The van der Waals surface area contributed by atoms with Gasteiger partial charge in [0.1, 0.15) is 6.54 Å². The lowest BCUT2D eigenvalue weighted by molar-refractivity contribution is -0.137. The second-order valence-corrected chi connectivity index (χ2v) is 10.2. The van der Waals surface area contributed by atoms with Crippen LogP contribution in [0.3, 0.4) is 0 Å². The van der Waals surface area contributed by atoms with Crippen LogP contribution in [0.5, 0.6) is 0 Å². The molecular weight excluding hydrogens is 489 g/mol. The normalized spacial score (nSPS) is 11.9. The second-order valence-electron chi connectivity index (χ2n) is 7.91. The summed E-state index contributed by atoms with van der Waals surface area (Å²) in [5.41, 5.74) is 0.938. The van der Waals surface area contributed by atoms with Gasteiger partial charge in [0, 0.05) is 5.02 Å². The van der Waals surface area contributed by atoms with Gasteiger partial charge in [-0.15, -0.1) is 0 Å². The average Bonchev–Trinajstić information content (AvgIpc) is 2.72. The van der Waals surface area contributed by atoms with E-state index in [9.17, 15) is 26.4 Å². The van der Waals surface area contributed by atoms with Gasteiger partial charge in [-0.25, -0.2) is 8.42 Å². The molecule has 0 bridgehead atoms. The summed E-state index contributed by atoms with van der Waals surface area (Å²) in [5.74, 6) is -0.942. The molecule has 0 aliphatic carbocycles. The number of nitrogens with one attached hydrogen (secondary N) is 1. The van der Waals surface area contributed by atoms with Crippen molar-refractivity contribution in [3.8, 4) is 0 Å². The highest BCUT2D eigenvalue weighted by atomic mass is 35.5. The second kappa shape index (κ2) is 9.68. The molecular formula is C24H22ClF3N2O3S. The van der Waals surface area contributed by atoms with Crippen molar-refractivity contribution in [3.05, 3.63) is 87.9 Å². The number of hydrogen-bond acceptors (Lipinski definition) is 3. The summed E-state index contributed by atoms with van der Waals surface area (Å²) in [4.78, 5) is 12.8. The first-order valence-corrected chi connectivity index (χ1v) is 11.9. The molecule has 1 amide bonds. The maximum Gasteiger partial charge on any atom is 0.418 e. The lowest BCUT2D eigenvalue weighted by Gasteiger charge is -2.25. The van der Waals surface area contributed by atoms with Crippen molar-refractivity contribution in [2.24, 2.45) is 0 Å². The fourth-order valence-electron chi connectivity index (χ4n) is 3.43. The number of halogens is 4. The molecule has 0 unspecified atom stereocenters. The molecule has 3 aromatic rings. The highest BCUT2D eigenvalue weighted by molar-refractivity contribution is 7.92. The molecule has 180 valence electrons. The quantitative estimate of drug-likeness (QED) is 0.434. The minimum Gasteiger partial charge on any atom is -0.324 e. The number of carbonyl (C=O) groups excluding carboxylic acids is 1. The van der Waals surface area contributed by atoms with Crippen molar-refractivity contribution < 1.29 is 26.4 Å². The van der Waals surface area contributed by atoms with Crippen LogP contribution in [-0.4, -0.2) is 20.9 Å². The molecule has 5 nitrogen and oxygen atoms in total. The van der Waals surface area contributed by atoms with Gasteiger partial charge >= 0.3 is 6.18 Å². The molecule has 0 radical (unpaired) electrons. The van der Waals surface area contributed by atoms with Gasteiger partial charge in [-0.1, -0.05) is 35.4 Å². The molecule has 0 fully saturated rings. The average molecular weight is 511 g/mol. The topological polar surface area (TPSA) is 66.5 Å². The van der Waals surface area contributed by atoms with Gasteiger partial charge in [0.05, 0.1) is 21.8 Å². The molecule has 34 heavy (non-hydrogen) atoms. The monoisotopic (exact) mass is 510 g/mol. The molecule has 10 heteroatoms. The molecule has 0 atom stereocenters. The van der Waals surface area contributed by atoms with E-state index >= 15 is 0 Å². The number of aryl methyl sites for hydroxylation is 3. The van der Waals surface area contributed by atoms with Gasteiger partial charge in [-0.3, -0.25) is 9.10 Å². The largest absolute Gasteiger partial charge is 0.418 e. The van der Waals surface area contributed by atoms with Gasteiger partial charge in [-0.2, -0.15) is 13.2 Å². The summed E-state index contributed by atoms with van der Waals surface area (Å²) < 4.78 is 68.1. The van der Waals surface area contributed by atoms with E-state index in [1.165, 1.54) is 18.2 Å². The van der Waals surface area contributed by atoms with Crippen LogP contribution in [0.15, 0.2) is 65.6 Å². The van der Waals surface area contributed by atoms with Gasteiger partial charge in [0.15, 0.2) is 0 Å². The van der Waals surface area contributed by atoms with Gasteiger partial charge in [0.25, 0.3) is 10.0 Å². The van der Waals surface area contributed by atoms with Crippen molar-refractivity contribution in [1.82, 2.24) is 0 Å². The third-order valence-electron chi connectivity index (χ3n) is 4.95. The number of benzene rings is 3. The Morgan fingerprint density at radius 2 is 1.50 bits per heavy atom. The van der Waals surface area contributed by atoms with Crippen molar-refractivity contribution in [2.75, 3.05) is 16.2 Å². The lowest BCUT2D eigenvalue weighted by atomic mass is 10.1. The van der Waals surface area contributed by atoms with Gasteiger partial charge in [0.2, 0.25) is 5.91 Å². The van der Waals surface area contributed by atoms with Crippen molar-refractivity contribution in [1.29, 1.82) is 0 Å². The molecule has 0 spiro atoms. The number of carbonyl (C=O) groups is 1. The SMILES string of the molecule is Cc1ccc(S(=O)(=O)N(CC(=O)Nc2ccc(Cl)cc2C(F)(F)F)c2cc(C)cc(C)c2)cc1. The Hall–Kier alpha value is -3.04. The van der Waals surface area contributed by atoms with Crippen LogP contribution in [0.2, 0.25) is 5.02 Å². The van der Waals surface area contributed by atoms with E-state index in [0.29, 0.717) is 6.07 Å². The summed E-state index contributed by atoms with van der Waals surface area (Å²) in [6, 6.07) is 14.0.